The van der Waals surface area contributed by atoms with E-state index in [1.807, 2.05) is 0 Å². The number of pyridine rings is 1. The van der Waals surface area contributed by atoms with Crippen LogP contribution in [-0.4, -0.2) is 24.1 Å². The Bertz CT molecular complexity index is 656. The van der Waals surface area contributed by atoms with E-state index in [1.54, 1.807) is 18.2 Å². The molecule has 8 heteroatoms. The molecule has 0 fully saturated rings. The SMILES string of the molecule is COc1cc(Nc2ncc(Br)cc2[N+](=O)[O-])cc(OC)c1. The molecule has 0 radical (unpaired) electrons. The number of hydrogen-bond donors (Lipinski definition) is 1. The molecule has 110 valence electrons. The highest BCUT2D eigenvalue weighted by Gasteiger charge is 2.16. The van der Waals surface area contributed by atoms with Crippen LogP contribution in [0.25, 0.3) is 0 Å². The molecule has 0 saturated heterocycles. The van der Waals surface area contributed by atoms with E-state index in [4.69, 9.17) is 9.47 Å². The van der Waals surface area contributed by atoms with Crippen molar-refractivity contribution in [3.63, 3.8) is 0 Å². The third kappa shape index (κ3) is 3.60. The van der Waals surface area contributed by atoms with Crippen molar-refractivity contribution in [3.05, 3.63) is 45.0 Å². The number of rotatable bonds is 5. The first-order chi connectivity index (χ1) is 10.0. The van der Waals surface area contributed by atoms with Gasteiger partial charge in [-0.15, -0.1) is 0 Å². The first-order valence-corrected chi connectivity index (χ1v) is 6.63. The molecular formula is C13H12BrN3O4. The monoisotopic (exact) mass is 353 g/mol. The van der Waals surface area contributed by atoms with Gasteiger partial charge in [-0.05, 0) is 15.9 Å². The molecule has 0 aliphatic rings. The Morgan fingerprint density at radius 2 is 1.81 bits per heavy atom. The van der Waals surface area contributed by atoms with Crippen molar-refractivity contribution in [1.29, 1.82) is 0 Å². The summed E-state index contributed by atoms with van der Waals surface area (Å²) in [6.07, 6.45) is 1.48. The van der Waals surface area contributed by atoms with Crippen LogP contribution >= 0.6 is 15.9 Å². The first kappa shape index (κ1) is 15.0. The zero-order valence-corrected chi connectivity index (χ0v) is 12.9. The fraction of sp³-hybridized carbons (Fsp3) is 0.154. The lowest BCUT2D eigenvalue weighted by molar-refractivity contribution is -0.384. The number of nitrogens with zero attached hydrogens (tertiary/aromatic N) is 2. The van der Waals surface area contributed by atoms with E-state index in [9.17, 15) is 10.1 Å². The lowest BCUT2D eigenvalue weighted by Gasteiger charge is -2.10. The van der Waals surface area contributed by atoms with Gasteiger partial charge >= 0.3 is 5.69 Å². The van der Waals surface area contributed by atoms with Gasteiger partial charge in [0.15, 0.2) is 0 Å². The third-order valence-corrected chi connectivity index (χ3v) is 3.08. The van der Waals surface area contributed by atoms with Crippen LogP contribution in [0.3, 0.4) is 0 Å². The lowest BCUT2D eigenvalue weighted by atomic mass is 10.2. The minimum Gasteiger partial charge on any atom is -0.497 e. The average Bonchev–Trinajstić information content (AvgIpc) is 2.48. The van der Waals surface area contributed by atoms with Gasteiger partial charge in [-0.2, -0.15) is 0 Å². The molecule has 1 heterocycles. The van der Waals surface area contributed by atoms with Crippen LogP contribution in [0.1, 0.15) is 0 Å². The van der Waals surface area contributed by atoms with E-state index >= 15 is 0 Å². The van der Waals surface area contributed by atoms with Gasteiger partial charge in [-0.3, -0.25) is 10.1 Å². The van der Waals surface area contributed by atoms with Crippen molar-refractivity contribution in [2.24, 2.45) is 0 Å². The maximum absolute atomic E-state index is 11.1. The molecule has 0 spiro atoms. The minimum atomic E-state index is -0.502. The quantitative estimate of drug-likeness (QED) is 0.653. The van der Waals surface area contributed by atoms with Gasteiger partial charge in [-0.25, -0.2) is 4.98 Å². The van der Waals surface area contributed by atoms with Gasteiger partial charge in [0.05, 0.1) is 19.1 Å². The van der Waals surface area contributed by atoms with Crippen LogP contribution in [0.5, 0.6) is 11.5 Å². The zero-order chi connectivity index (χ0) is 15.4. The Morgan fingerprint density at radius 1 is 1.19 bits per heavy atom. The smallest absolute Gasteiger partial charge is 0.312 e. The van der Waals surface area contributed by atoms with Crippen molar-refractivity contribution < 1.29 is 14.4 Å². The van der Waals surface area contributed by atoms with Crippen LogP contribution in [0, 0.1) is 10.1 Å². The van der Waals surface area contributed by atoms with Crippen LogP contribution in [0.4, 0.5) is 17.2 Å². The number of hydrogen-bond acceptors (Lipinski definition) is 6. The van der Waals surface area contributed by atoms with Gasteiger partial charge < -0.3 is 14.8 Å². The number of anilines is 2. The van der Waals surface area contributed by atoms with E-state index < -0.39 is 4.92 Å². The summed E-state index contributed by atoms with van der Waals surface area (Å²) in [7, 11) is 3.05. The summed E-state index contributed by atoms with van der Waals surface area (Å²) in [4.78, 5) is 14.6. The lowest BCUT2D eigenvalue weighted by Crippen LogP contribution is -2.00. The van der Waals surface area contributed by atoms with Crippen LogP contribution < -0.4 is 14.8 Å². The highest BCUT2D eigenvalue weighted by Crippen LogP contribution is 2.31. The number of methoxy groups -OCH3 is 2. The molecule has 1 N–H and O–H groups in total. The van der Waals surface area contributed by atoms with Crippen molar-refractivity contribution >= 4 is 33.1 Å². The molecule has 21 heavy (non-hydrogen) atoms. The predicted octanol–water partition coefficient (Wildman–Crippen LogP) is 3.51. The molecule has 0 unspecified atom stereocenters. The summed E-state index contributed by atoms with van der Waals surface area (Å²) in [6, 6.07) is 6.47. The third-order valence-electron chi connectivity index (χ3n) is 2.65. The second kappa shape index (κ2) is 6.40. The van der Waals surface area contributed by atoms with Gasteiger partial charge in [0, 0.05) is 40.6 Å². The second-order valence-electron chi connectivity index (χ2n) is 4.00. The molecule has 0 aliphatic carbocycles. The van der Waals surface area contributed by atoms with Gasteiger partial charge in [-0.1, -0.05) is 0 Å². The number of aromatic nitrogens is 1. The first-order valence-electron chi connectivity index (χ1n) is 5.83. The van der Waals surface area contributed by atoms with Crippen LogP contribution in [-0.2, 0) is 0 Å². The van der Waals surface area contributed by atoms with Crippen molar-refractivity contribution in [1.82, 2.24) is 4.98 Å². The molecule has 1 aromatic heterocycles. The standard InChI is InChI=1S/C13H12BrN3O4/c1-20-10-4-9(5-11(6-10)21-2)16-13-12(17(18)19)3-8(14)7-15-13/h3-7H,1-2H3,(H,15,16). The molecule has 0 atom stereocenters. The highest BCUT2D eigenvalue weighted by molar-refractivity contribution is 9.10. The molecule has 0 bridgehead atoms. The summed E-state index contributed by atoms with van der Waals surface area (Å²) in [5.41, 5.74) is 0.440. The Hall–Kier alpha value is -2.35. The predicted molar refractivity (Wildman–Crippen MR) is 81.4 cm³/mol. The van der Waals surface area contributed by atoms with Crippen molar-refractivity contribution in [3.8, 4) is 11.5 Å². The number of nitrogens with one attached hydrogen (secondary N) is 1. The fourth-order valence-corrected chi connectivity index (χ4v) is 2.00. The molecule has 1 aromatic carbocycles. The number of halogens is 1. The van der Waals surface area contributed by atoms with Crippen LogP contribution in [0.2, 0.25) is 0 Å². The zero-order valence-electron chi connectivity index (χ0n) is 11.3. The largest absolute Gasteiger partial charge is 0.497 e. The Morgan fingerprint density at radius 3 is 2.33 bits per heavy atom. The van der Waals surface area contributed by atoms with E-state index in [2.05, 4.69) is 26.2 Å². The number of ether oxygens (including phenoxy) is 2. The summed E-state index contributed by atoms with van der Waals surface area (Å²) in [5.74, 6) is 1.27. The average molecular weight is 354 g/mol. The summed E-state index contributed by atoms with van der Waals surface area (Å²) >= 11 is 3.16. The molecular weight excluding hydrogens is 342 g/mol. The number of nitro groups is 1. The molecule has 0 aliphatic heterocycles. The molecule has 2 rings (SSSR count). The van der Waals surface area contributed by atoms with Crippen LogP contribution in [0.15, 0.2) is 34.9 Å². The second-order valence-corrected chi connectivity index (χ2v) is 4.92. The minimum absolute atomic E-state index is 0.133. The van der Waals surface area contributed by atoms with Crippen molar-refractivity contribution in [2.45, 2.75) is 0 Å². The van der Waals surface area contributed by atoms with E-state index in [1.165, 1.54) is 26.5 Å². The maximum Gasteiger partial charge on any atom is 0.312 e. The molecule has 0 amide bonds. The maximum atomic E-state index is 11.1. The molecule has 7 nitrogen and oxygen atoms in total. The molecule has 2 aromatic rings. The van der Waals surface area contributed by atoms with E-state index in [0.29, 0.717) is 21.7 Å². The van der Waals surface area contributed by atoms with Gasteiger partial charge in [0.1, 0.15) is 11.5 Å². The van der Waals surface area contributed by atoms with Gasteiger partial charge in [0.25, 0.3) is 0 Å². The topological polar surface area (TPSA) is 86.5 Å². The van der Waals surface area contributed by atoms with E-state index in [0.717, 1.165) is 0 Å². The van der Waals surface area contributed by atoms with E-state index in [-0.39, 0.29) is 11.5 Å². The fourth-order valence-electron chi connectivity index (χ4n) is 1.68. The van der Waals surface area contributed by atoms with Gasteiger partial charge in [0.2, 0.25) is 5.82 Å². The Labute approximate surface area is 129 Å². The Kier molecular flexibility index (Phi) is 4.59. The summed E-state index contributed by atoms with van der Waals surface area (Å²) in [5, 5.41) is 14.0. The summed E-state index contributed by atoms with van der Waals surface area (Å²) in [6.45, 7) is 0. The summed E-state index contributed by atoms with van der Waals surface area (Å²) < 4.78 is 10.8. The normalized spacial score (nSPS) is 10.0. The Balaban J connectivity index is 2.40. The molecule has 0 saturated carbocycles. The van der Waals surface area contributed by atoms with Crippen molar-refractivity contribution in [2.75, 3.05) is 19.5 Å². The number of benzene rings is 1. The highest BCUT2D eigenvalue weighted by atomic mass is 79.9.